The van der Waals surface area contributed by atoms with E-state index >= 15 is 0 Å². The van der Waals surface area contributed by atoms with Gasteiger partial charge in [-0.1, -0.05) is 0 Å². The smallest absolute Gasteiger partial charge is 0.383 e. The molecule has 0 spiro atoms. The van der Waals surface area contributed by atoms with Crippen LogP contribution in [0.3, 0.4) is 0 Å². The highest BCUT2D eigenvalue weighted by molar-refractivity contribution is 5.85. The fourth-order valence-electron chi connectivity index (χ4n) is 2.05. The number of piperidine rings is 1. The molecule has 0 bridgehead atoms. The predicted molar refractivity (Wildman–Crippen MR) is 70.8 cm³/mol. The van der Waals surface area contributed by atoms with Crippen LogP contribution in [0.2, 0.25) is 0 Å². The Hall–Kier alpha value is -0.570. The molecule has 5 nitrogen and oxygen atoms in total. The zero-order valence-corrected chi connectivity index (χ0v) is 12.1. The van der Waals surface area contributed by atoms with Gasteiger partial charge in [-0.15, -0.1) is 12.4 Å². The first-order chi connectivity index (χ1) is 8.81. The standard InChI is InChI=1S/C11H20F3N3O2.ClH/c1-19-6-9(15)10(18)16-8-2-4-17(5-3-8)7-11(12,13)14;/h8-9H,2-7,15H2,1H3,(H,16,18);1H. The van der Waals surface area contributed by atoms with E-state index in [1.165, 1.54) is 12.0 Å². The number of hydrogen-bond donors (Lipinski definition) is 2. The second-order valence-electron chi connectivity index (χ2n) is 4.74. The molecular formula is C11H21ClF3N3O2. The third-order valence-corrected chi connectivity index (χ3v) is 3.02. The molecule has 20 heavy (non-hydrogen) atoms. The highest BCUT2D eigenvalue weighted by Crippen LogP contribution is 2.19. The number of amides is 1. The van der Waals surface area contributed by atoms with E-state index in [2.05, 4.69) is 5.32 Å². The Morgan fingerprint density at radius 1 is 1.45 bits per heavy atom. The van der Waals surface area contributed by atoms with Crippen molar-refractivity contribution in [1.82, 2.24) is 10.2 Å². The molecule has 1 aliphatic heterocycles. The Labute approximate surface area is 122 Å². The van der Waals surface area contributed by atoms with Gasteiger partial charge in [0.2, 0.25) is 5.91 Å². The number of halogens is 4. The third kappa shape index (κ3) is 7.28. The first kappa shape index (κ1) is 19.4. The van der Waals surface area contributed by atoms with Gasteiger partial charge in [0.05, 0.1) is 13.2 Å². The summed E-state index contributed by atoms with van der Waals surface area (Å²) in [7, 11) is 1.45. The fourth-order valence-corrected chi connectivity index (χ4v) is 2.05. The summed E-state index contributed by atoms with van der Waals surface area (Å²) >= 11 is 0. The summed E-state index contributed by atoms with van der Waals surface area (Å²) in [6.07, 6.45) is -3.17. The lowest BCUT2D eigenvalue weighted by Gasteiger charge is -2.33. The van der Waals surface area contributed by atoms with Crippen LogP contribution in [0.15, 0.2) is 0 Å². The summed E-state index contributed by atoms with van der Waals surface area (Å²) in [5.74, 6) is -0.323. The van der Waals surface area contributed by atoms with Crippen LogP contribution in [0.4, 0.5) is 13.2 Å². The van der Waals surface area contributed by atoms with E-state index in [1.807, 2.05) is 0 Å². The highest BCUT2D eigenvalue weighted by Gasteiger charge is 2.32. The van der Waals surface area contributed by atoms with Crippen LogP contribution in [0.1, 0.15) is 12.8 Å². The van der Waals surface area contributed by atoms with Crippen LogP contribution in [0.25, 0.3) is 0 Å². The van der Waals surface area contributed by atoms with Crippen LogP contribution in [0.5, 0.6) is 0 Å². The average molecular weight is 320 g/mol. The second-order valence-corrected chi connectivity index (χ2v) is 4.74. The molecule has 0 saturated carbocycles. The van der Waals surface area contributed by atoms with Crippen molar-refractivity contribution in [3.8, 4) is 0 Å². The first-order valence-corrected chi connectivity index (χ1v) is 6.16. The summed E-state index contributed by atoms with van der Waals surface area (Å²) < 4.78 is 41.4. The van der Waals surface area contributed by atoms with E-state index in [9.17, 15) is 18.0 Å². The average Bonchev–Trinajstić information content (AvgIpc) is 2.30. The first-order valence-electron chi connectivity index (χ1n) is 6.16. The van der Waals surface area contributed by atoms with Crippen molar-refractivity contribution < 1.29 is 22.7 Å². The van der Waals surface area contributed by atoms with Crippen molar-refractivity contribution in [2.24, 2.45) is 5.73 Å². The number of nitrogens with two attached hydrogens (primary N) is 1. The number of hydrogen-bond acceptors (Lipinski definition) is 4. The summed E-state index contributed by atoms with van der Waals surface area (Å²) in [6, 6.07) is -0.849. The Morgan fingerprint density at radius 3 is 2.45 bits per heavy atom. The van der Waals surface area contributed by atoms with Gasteiger partial charge in [0.25, 0.3) is 0 Å². The number of carbonyl (C=O) groups excluding carboxylic acids is 1. The minimum Gasteiger partial charge on any atom is -0.383 e. The number of nitrogens with one attached hydrogen (secondary N) is 1. The number of alkyl halides is 3. The number of methoxy groups -OCH3 is 1. The molecule has 1 heterocycles. The molecule has 1 amide bonds. The van der Waals surface area contributed by atoms with Crippen molar-refractivity contribution in [2.75, 3.05) is 33.4 Å². The summed E-state index contributed by atoms with van der Waals surface area (Å²) in [6.45, 7) is -0.121. The molecule has 0 aliphatic carbocycles. The molecule has 9 heteroatoms. The topological polar surface area (TPSA) is 67.6 Å². The Kier molecular flexibility index (Phi) is 8.41. The maximum Gasteiger partial charge on any atom is 0.401 e. The molecule has 120 valence electrons. The van der Waals surface area contributed by atoms with E-state index in [0.29, 0.717) is 25.9 Å². The van der Waals surface area contributed by atoms with Crippen LogP contribution in [-0.4, -0.2) is 62.4 Å². The van der Waals surface area contributed by atoms with Crippen LogP contribution in [0, 0.1) is 0 Å². The van der Waals surface area contributed by atoms with Gasteiger partial charge in [-0.2, -0.15) is 13.2 Å². The Bertz CT molecular complexity index is 297. The van der Waals surface area contributed by atoms with Crippen molar-refractivity contribution in [1.29, 1.82) is 0 Å². The van der Waals surface area contributed by atoms with E-state index in [1.54, 1.807) is 0 Å². The number of rotatable bonds is 5. The summed E-state index contributed by atoms with van der Waals surface area (Å²) in [5.41, 5.74) is 5.56. The summed E-state index contributed by atoms with van der Waals surface area (Å²) in [4.78, 5) is 12.9. The van der Waals surface area contributed by atoms with Crippen LogP contribution < -0.4 is 11.1 Å². The molecule has 1 saturated heterocycles. The number of carbonyl (C=O) groups is 1. The predicted octanol–water partition coefficient (Wildman–Crippen LogP) is 0.525. The lowest BCUT2D eigenvalue weighted by atomic mass is 10.0. The maximum absolute atomic E-state index is 12.2. The molecule has 0 radical (unpaired) electrons. The zero-order valence-electron chi connectivity index (χ0n) is 11.3. The number of ether oxygens (including phenoxy) is 1. The van der Waals surface area contributed by atoms with Crippen molar-refractivity contribution in [3.05, 3.63) is 0 Å². The van der Waals surface area contributed by atoms with Crippen molar-refractivity contribution in [3.63, 3.8) is 0 Å². The molecule has 0 aromatic carbocycles. The highest BCUT2D eigenvalue weighted by atomic mass is 35.5. The van der Waals surface area contributed by atoms with Gasteiger partial charge in [-0.3, -0.25) is 9.69 Å². The van der Waals surface area contributed by atoms with Gasteiger partial charge < -0.3 is 15.8 Å². The van der Waals surface area contributed by atoms with E-state index < -0.39 is 18.8 Å². The SMILES string of the molecule is COCC(N)C(=O)NC1CCN(CC(F)(F)F)CC1.Cl. The fraction of sp³-hybridized carbons (Fsp3) is 0.909. The van der Waals surface area contributed by atoms with Gasteiger partial charge in [-0.25, -0.2) is 0 Å². The van der Waals surface area contributed by atoms with Crippen molar-refractivity contribution >= 4 is 18.3 Å². The minimum atomic E-state index is -4.17. The van der Waals surface area contributed by atoms with E-state index in [4.69, 9.17) is 10.5 Å². The monoisotopic (exact) mass is 319 g/mol. The molecule has 0 aromatic heterocycles. The Morgan fingerprint density at radius 2 is 2.00 bits per heavy atom. The molecule has 0 aromatic rings. The quantitative estimate of drug-likeness (QED) is 0.775. The molecule has 1 unspecified atom stereocenters. The van der Waals surface area contributed by atoms with Crippen LogP contribution >= 0.6 is 12.4 Å². The van der Waals surface area contributed by atoms with Gasteiger partial charge in [0.15, 0.2) is 0 Å². The normalized spacial score (nSPS) is 19.2. The van der Waals surface area contributed by atoms with E-state index in [-0.39, 0.29) is 31.0 Å². The largest absolute Gasteiger partial charge is 0.401 e. The van der Waals surface area contributed by atoms with Gasteiger partial charge in [0, 0.05) is 26.2 Å². The summed E-state index contributed by atoms with van der Waals surface area (Å²) in [5, 5.41) is 2.73. The number of likely N-dealkylation sites (tertiary alicyclic amines) is 1. The number of nitrogens with zero attached hydrogens (tertiary/aromatic N) is 1. The van der Waals surface area contributed by atoms with E-state index in [0.717, 1.165) is 0 Å². The molecule has 1 rings (SSSR count). The van der Waals surface area contributed by atoms with Gasteiger partial charge in [0.1, 0.15) is 6.04 Å². The van der Waals surface area contributed by atoms with Gasteiger partial charge >= 0.3 is 6.18 Å². The molecule has 3 N–H and O–H groups in total. The second kappa shape index (κ2) is 8.66. The lowest BCUT2D eigenvalue weighted by Crippen LogP contribution is -2.51. The van der Waals surface area contributed by atoms with Gasteiger partial charge in [-0.05, 0) is 12.8 Å². The molecule has 1 aliphatic rings. The zero-order chi connectivity index (χ0) is 14.5. The maximum atomic E-state index is 12.2. The van der Waals surface area contributed by atoms with Crippen molar-refractivity contribution in [2.45, 2.75) is 31.1 Å². The minimum absolute atomic E-state index is 0. The lowest BCUT2D eigenvalue weighted by molar-refractivity contribution is -0.148. The third-order valence-electron chi connectivity index (χ3n) is 3.02. The molecular weight excluding hydrogens is 299 g/mol. The molecule has 1 atom stereocenters. The molecule has 1 fully saturated rings. The Balaban J connectivity index is 0.00000361. The van der Waals surface area contributed by atoms with Crippen LogP contribution in [-0.2, 0) is 9.53 Å².